The molecule has 0 fully saturated rings. The highest BCUT2D eigenvalue weighted by molar-refractivity contribution is 6.37. The van der Waals surface area contributed by atoms with Crippen LogP contribution in [0.3, 0.4) is 0 Å². The number of fused-ring (bicyclic) bond motifs is 2. The Balaban J connectivity index is 1.75. The lowest BCUT2D eigenvalue weighted by Gasteiger charge is -2.23. The number of aromatic nitrogens is 1. The van der Waals surface area contributed by atoms with E-state index in [0.717, 1.165) is 42.7 Å². The van der Waals surface area contributed by atoms with E-state index in [9.17, 15) is 0 Å². The maximum Gasteiger partial charge on any atom is 0.131 e. The number of halogens is 2. The van der Waals surface area contributed by atoms with Crippen LogP contribution in [-0.2, 0) is 13.0 Å². The molecule has 3 aromatic rings. The molecule has 2 nitrogen and oxygen atoms in total. The normalized spacial score (nSPS) is 14.6. The summed E-state index contributed by atoms with van der Waals surface area (Å²) in [6.07, 6.45) is 2.23. The first-order valence-electron chi connectivity index (χ1n) is 7.78. The van der Waals surface area contributed by atoms with Gasteiger partial charge in [-0.05, 0) is 48.2 Å². The van der Waals surface area contributed by atoms with E-state index in [4.69, 9.17) is 28.2 Å². The zero-order valence-electron chi connectivity index (χ0n) is 12.6. The predicted octanol–water partition coefficient (Wildman–Crippen LogP) is 5.49. The minimum Gasteiger partial charge on any atom is -0.352 e. The summed E-state index contributed by atoms with van der Waals surface area (Å²) in [6, 6.07) is 16.3. The first-order valence-corrected chi connectivity index (χ1v) is 8.54. The Kier molecular flexibility index (Phi) is 3.88. The molecule has 1 aliphatic rings. The second-order valence-corrected chi connectivity index (χ2v) is 6.76. The fourth-order valence-corrected chi connectivity index (χ4v) is 3.62. The topological polar surface area (TPSA) is 16.1 Å². The third kappa shape index (κ3) is 2.89. The number of rotatable bonds is 1. The van der Waals surface area contributed by atoms with Crippen molar-refractivity contribution in [1.82, 2.24) is 4.98 Å². The predicted molar refractivity (Wildman–Crippen MR) is 97.6 cm³/mol. The van der Waals surface area contributed by atoms with Crippen molar-refractivity contribution in [1.29, 1.82) is 0 Å². The zero-order valence-corrected chi connectivity index (χ0v) is 14.1. The number of hydrogen-bond acceptors (Lipinski definition) is 2. The van der Waals surface area contributed by atoms with E-state index < -0.39 is 0 Å². The molecule has 2 heterocycles. The maximum atomic E-state index is 6.47. The van der Waals surface area contributed by atoms with Crippen LogP contribution in [-0.4, -0.2) is 11.5 Å². The summed E-state index contributed by atoms with van der Waals surface area (Å²) in [5, 5.41) is 2.28. The fraction of sp³-hybridized carbons (Fsp3) is 0.211. The Bertz CT molecular complexity index is 876. The smallest absolute Gasteiger partial charge is 0.131 e. The molecule has 0 amide bonds. The number of benzene rings is 2. The van der Waals surface area contributed by atoms with E-state index in [2.05, 4.69) is 29.2 Å². The van der Waals surface area contributed by atoms with E-state index in [0.29, 0.717) is 10.0 Å². The molecule has 4 rings (SSSR count). The largest absolute Gasteiger partial charge is 0.352 e. The van der Waals surface area contributed by atoms with Crippen molar-refractivity contribution in [2.24, 2.45) is 0 Å². The lowest BCUT2D eigenvalue weighted by atomic mass is 10.0. The number of aryl methyl sites for hydroxylation is 1. The standard InChI is InChI=1S/C19H16Cl2N2/c20-15-7-8-18-16(10-15)17(21)11-19(22-18)23-9-3-6-13-4-1-2-5-14(13)12-23/h1-2,4-5,7-8,10-11H,3,6,9,12H2. The summed E-state index contributed by atoms with van der Waals surface area (Å²) in [4.78, 5) is 7.11. The van der Waals surface area contributed by atoms with Gasteiger partial charge < -0.3 is 4.90 Å². The Morgan fingerprint density at radius 2 is 1.78 bits per heavy atom. The molecule has 1 aliphatic heterocycles. The van der Waals surface area contributed by atoms with Crippen molar-refractivity contribution in [3.05, 3.63) is 69.7 Å². The third-order valence-electron chi connectivity index (χ3n) is 4.38. The molecule has 23 heavy (non-hydrogen) atoms. The Hall–Kier alpha value is -1.77. The van der Waals surface area contributed by atoms with Crippen LogP contribution >= 0.6 is 23.2 Å². The Morgan fingerprint density at radius 3 is 2.65 bits per heavy atom. The SMILES string of the molecule is Clc1ccc2nc(N3CCCc4ccccc4C3)cc(Cl)c2c1. The molecule has 0 saturated carbocycles. The van der Waals surface area contributed by atoms with Crippen LogP contribution in [0.5, 0.6) is 0 Å². The molecule has 0 saturated heterocycles. The lowest BCUT2D eigenvalue weighted by molar-refractivity contribution is 0.756. The van der Waals surface area contributed by atoms with Crippen LogP contribution < -0.4 is 4.90 Å². The van der Waals surface area contributed by atoms with Gasteiger partial charge in [-0.25, -0.2) is 4.98 Å². The maximum absolute atomic E-state index is 6.47. The molecule has 0 atom stereocenters. The van der Waals surface area contributed by atoms with Gasteiger partial charge >= 0.3 is 0 Å². The summed E-state index contributed by atoms with van der Waals surface area (Å²) >= 11 is 12.5. The second-order valence-electron chi connectivity index (χ2n) is 5.92. The van der Waals surface area contributed by atoms with Crippen LogP contribution in [0.4, 0.5) is 5.82 Å². The van der Waals surface area contributed by atoms with Gasteiger partial charge in [-0.1, -0.05) is 47.5 Å². The fourth-order valence-electron chi connectivity index (χ4n) is 3.20. The quantitative estimate of drug-likeness (QED) is 0.580. The van der Waals surface area contributed by atoms with Gasteiger partial charge in [-0.15, -0.1) is 0 Å². The molecule has 0 aliphatic carbocycles. The van der Waals surface area contributed by atoms with Crippen LogP contribution in [0.25, 0.3) is 10.9 Å². The van der Waals surface area contributed by atoms with Crippen molar-refractivity contribution < 1.29 is 0 Å². The van der Waals surface area contributed by atoms with E-state index in [1.54, 1.807) is 0 Å². The summed E-state index contributed by atoms with van der Waals surface area (Å²) in [5.74, 6) is 0.932. The average Bonchev–Trinajstić information content (AvgIpc) is 2.77. The van der Waals surface area contributed by atoms with Gasteiger partial charge in [0.15, 0.2) is 0 Å². The molecule has 0 radical (unpaired) electrons. The summed E-state index contributed by atoms with van der Waals surface area (Å²) in [6.45, 7) is 1.86. The molecule has 0 unspecified atom stereocenters. The van der Waals surface area contributed by atoms with E-state index in [1.165, 1.54) is 11.1 Å². The number of anilines is 1. The first-order chi connectivity index (χ1) is 11.2. The summed E-state index contributed by atoms with van der Waals surface area (Å²) < 4.78 is 0. The molecule has 0 N–H and O–H groups in total. The van der Waals surface area contributed by atoms with Gasteiger partial charge in [0.1, 0.15) is 5.82 Å². The van der Waals surface area contributed by atoms with Crippen LogP contribution in [0.1, 0.15) is 17.5 Å². The summed E-state index contributed by atoms with van der Waals surface area (Å²) in [7, 11) is 0. The van der Waals surface area contributed by atoms with Gasteiger partial charge in [0.2, 0.25) is 0 Å². The molecule has 1 aromatic heterocycles. The minimum absolute atomic E-state index is 0.678. The third-order valence-corrected chi connectivity index (χ3v) is 4.93. The molecule has 0 bridgehead atoms. The Morgan fingerprint density at radius 1 is 0.957 bits per heavy atom. The van der Waals surface area contributed by atoms with Gasteiger partial charge in [-0.2, -0.15) is 0 Å². The van der Waals surface area contributed by atoms with E-state index >= 15 is 0 Å². The highest BCUT2D eigenvalue weighted by Gasteiger charge is 2.16. The van der Waals surface area contributed by atoms with Crippen LogP contribution in [0.2, 0.25) is 10.0 Å². The van der Waals surface area contributed by atoms with E-state index in [-0.39, 0.29) is 0 Å². The van der Waals surface area contributed by atoms with Crippen molar-refractivity contribution in [3.63, 3.8) is 0 Å². The summed E-state index contributed by atoms with van der Waals surface area (Å²) in [5.41, 5.74) is 3.70. The molecule has 116 valence electrons. The first kappa shape index (κ1) is 14.8. The second kappa shape index (κ2) is 6.03. The zero-order chi connectivity index (χ0) is 15.8. The molecule has 0 spiro atoms. The molecular weight excluding hydrogens is 327 g/mol. The number of nitrogens with zero attached hydrogens (tertiary/aromatic N) is 2. The monoisotopic (exact) mass is 342 g/mol. The highest BCUT2D eigenvalue weighted by atomic mass is 35.5. The van der Waals surface area contributed by atoms with E-state index in [1.807, 2.05) is 24.3 Å². The average molecular weight is 343 g/mol. The van der Waals surface area contributed by atoms with Gasteiger partial charge in [0.25, 0.3) is 0 Å². The molecular formula is C19H16Cl2N2. The van der Waals surface area contributed by atoms with Gasteiger partial charge in [0.05, 0.1) is 10.5 Å². The van der Waals surface area contributed by atoms with Crippen molar-refractivity contribution in [3.8, 4) is 0 Å². The molecule has 2 aromatic carbocycles. The van der Waals surface area contributed by atoms with Crippen molar-refractivity contribution in [2.75, 3.05) is 11.4 Å². The van der Waals surface area contributed by atoms with Gasteiger partial charge in [-0.3, -0.25) is 0 Å². The van der Waals surface area contributed by atoms with Crippen LogP contribution in [0.15, 0.2) is 48.5 Å². The minimum atomic E-state index is 0.678. The molecule has 4 heteroatoms. The van der Waals surface area contributed by atoms with Crippen molar-refractivity contribution >= 4 is 39.9 Å². The highest BCUT2D eigenvalue weighted by Crippen LogP contribution is 2.31. The van der Waals surface area contributed by atoms with Gasteiger partial charge in [0, 0.05) is 23.5 Å². The lowest BCUT2D eigenvalue weighted by Crippen LogP contribution is -2.23. The van der Waals surface area contributed by atoms with Crippen LogP contribution in [0, 0.1) is 0 Å². The number of pyridine rings is 1. The Labute approximate surface area is 145 Å². The van der Waals surface area contributed by atoms with Crippen molar-refractivity contribution in [2.45, 2.75) is 19.4 Å². The number of hydrogen-bond donors (Lipinski definition) is 0.